The standard InChI is InChI=1S/C10H12FNO/c1-12(2)7-10(13)8-3-5-9(11)6-4-8/h3-6H,7H2,1-2H3. The van der Waals surface area contributed by atoms with Crippen molar-refractivity contribution in [3.05, 3.63) is 35.6 Å². The summed E-state index contributed by atoms with van der Waals surface area (Å²) in [6.07, 6.45) is 0. The van der Waals surface area contributed by atoms with E-state index in [1.165, 1.54) is 24.3 Å². The molecular formula is C10H12FNO. The van der Waals surface area contributed by atoms with Crippen LogP contribution in [0.3, 0.4) is 0 Å². The van der Waals surface area contributed by atoms with Crippen LogP contribution in [0.1, 0.15) is 10.4 Å². The maximum Gasteiger partial charge on any atom is 0.176 e. The van der Waals surface area contributed by atoms with Gasteiger partial charge >= 0.3 is 0 Å². The number of carbonyl (C=O) groups is 1. The average molecular weight is 181 g/mol. The third-order valence-corrected chi connectivity index (χ3v) is 1.63. The molecule has 0 aliphatic carbocycles. The van der Waals surface area contributed by atoms with Crippen molar-refractivity contribution in [1.82, 2.24) is 4.90 Å². The van der Waals surface area contributed by atoms with Crippen molar-refractivity contribution in [2.75, 3.05) is 20.6 Å². The highest BCUT2D eigenvalue weighted by Crippen LogP contribution is 2.03. The number of carbonyl (C=O) groups excluding carboxylic acids is 1. The second kappa shape index (κ2) is 4.14. The van der Waals surface area contributed by atoms with E-state index < -0.39 is 0 Å². The van der Waals surface area contributed by atoms with Gasteiger partial charge in [0.25, 0.3) is 0 Å². The van der Waals surface area contributed by atoms with Gasteiger partial charge in [-0.3, -0.25) is 4.79 Å². The number of halogens is 1. The number of likely N-dealkylation sites (N-methyl/N-ethyl adjacent to an activating group) is 1. The monoisotopic (exact) mass is 181 g/mol. The highest BCUT2D eigenvalue weighted by molar-refractivity contribution is 5.97. The van der Waals surface area contributed by atoms with Crippen LogP contribution in [0, 0.1) is 5.82 Å². The predicted molar refractivity (Wildman–Crippen MR) is 49.3 cm³/mol. The molecule has 0 spiro atoms. The Labute approximate surface area is 77.0 Å². The number of hydrogen-bond donors (Lipinski definition) is 0. The van der Waals surface area contributed by atoms with Crippen LogP contribution in [0.15, 0.2) is 24.3 Å². The molecule has 0 saturated heterocycles. The smallest absolute Gasteiger partial charge is 0.176 e. The SMILES string of the molecule is CN(C)CC(=O)c1ccc(F)cc1. The molecule has 0 amide bonds. The first-order valence-corrected chi connectivity index (χ1v) is 4.03. The van der Waals surface area contributed by atoms with E-state index in [9.17, 15) is 9.18 Å². The summed E-state index contributed by atoms with van der Waals surface area (Å²) in [6, 6.07) is 5.59. The molecule has 0 bridgehead atoms. The van der Waals surface area contributed by atoms with Gasteiger partial charge in [0.05, 0.1) is 6.54 Å². The molecule has 0 atom stereocenters. The van der Waals surface area contributed by atoms with Crippen molar-refractivity contribution in [3.8, 4) is 0 Å². The fraction of sp³-hybridized carbons (Fsp3) is 0.300. The van der Waals surface area contributed by atoms with Crippen LogP contribution in [-0.4, -0.2) is 31.3 Å². The predicted octanol–water partition coefficient (Wildman–Crippen LogP) is 1.57. The van der Waals surface area contributed by atoms with Gasteiger partial charge in [0.1, 0.15) is 5.82 Å². The molecule has 0 saturated carbocycles. The van der Waals surface area contributed by atoms with Gasteiger partial charge in [-0.2, -0.15) is 0 Å². The van der Waals surface area contributed by atoms with Gasteiger partial charge in [0.15, 0.2) is 5.78 Å². The summed E-state index contributed by atoms with van der Waals surface area (Å²) in [5, 5.41) is 0. The van der Waals surface area contributed by atoms with Gasteiger partial charge < -0.3 is 4.90 Å². The van der Waals surface area contributed by atoms with Gasteiger partial charge in [0, 0.05) is 5.56 Å². The summed E-state index contributed by atoms with van der Waals surface area (Å²) >= 11 is 0. The van der Waals surface area contributed by atoms with Crippen molar-refractivity contribution in [3.63, 3.8) is 0 Å². The largest absolute Gasteiger partial charge is 0.302 e. The highest BCUT2D eigenvalue weighted by atomic mass is 19.1. The Kier molecular flexibility index (Phi) is 3.14. The zero-order chi connectivity index (χ0) is 9.84. The number of benzene rings is 1. The summed E-state index contributed by atoms with van der Waals surface area (Å²) in [5.74, 6) is -0.314. The van der Waals surface area contributed by atoms with Gasteiger partial charge in [-0.15, -0.1) is 0 Å². The molecule has 0 aliphatic rings. The molecular weight excluding hydrogens is 169 g/mol. The summed E-state index contributed by atoms with van der Waals surface area (Å²) in [6.45, 7) is 0.353. The lowest BCUT2D eigenvalue weighted by Gasteiger charge is -2.07. The topological polar surface area (TPSA) is 20.3 Å². The van der Waals surface area contributed by atoms with E-state index in [2.05, 4.69) is 0 Å². The van der Waals surface area contributed by atoms with Crippen LogP contribution in [0.4, 0.5) is 4.39 Å². The Morgan fingerprint density at radius 2 is 1.85 bits per heavy atom. The summed E-state index contributed by atoms with van der Waals surface area (Å²) in [4.78, 5) is 13.2. The molecule has 0 N–H and O–H groups in total. The minimum atomic E-state index is -0.318. The van der Waals surface area contributed by atoms with E-state index >= 15 is 0 Å². The molecule has 2 nitrogen and oxygen atoms in total. The van der Waals surface area contributed by atoms with Gasteiger partial charge in [0.2, 0.25) is 0 Å². The summed E-state index contributed by atoms with van der Waals surface area (Å²) in [7, 11) is 3.64. The second-order valence-electron chi connectivity index (χ2n) is 3.17. The second-order valence-corrected chi connectivity index (χ2v) is 3.17. The Morgan fingerprint density at radius 3 is 2.31 bits per heavy atom. The third kappa shape index (κ3) is 2.95. The van der Waals surface area contributed by atoms with E-state index in [-0.39, 0.29) is 11.6 Å². The van der Waals surface area contributed by atoms with Crippen LogP contribution in [-0.2, 0) is 0 Å². The van der Waals surface area contributed by atoms with Crippen molar-refractivity contribution >= 4 is 5.78 Å². The zero-order valence-corrected chi connectivity index (χ0v) is 7.75. The third-order valence-electron chi connectivity index (χ3n) is 1.63. The first kappa shape index (κ1) is 9.86. The number of Topliss-reactive ketones (excluding diaryl/α,β-unsaturated/α-hetero) is 1. The molecule has 0 heterocycles. The molecule has 13 heavy (non-hydrogen) atoms. The average Bonchev–Trinajstić information content (AvgIpc) is 2.04. The van der Waals surface area contributed by atoms with E-state index in [4.69, 9.17) is 0 Å². The molecule has 1 aromatic rings. The fourth-order valence-electron chi connectivity index (χ4n) is 1.01. The van der Waals surface area contributed by atoms with E-state index in [0.29, 0.717) is 12.1 Å². The summed E-state index contributed by atoms with van der Waals surface area (Å²) in [5.41, 5.74) is 0.551. The van der Waals surface area contributed by atoms with E-state index in [0.717, 1.165) is 0 Å². The molecule has 3 heteroatoms. The maximum absolute atomic E-state index is 12.5. The van der Waals surface area contributed by atoms with Crippen LogP contribution >= 0.6 is 0 Å². The Hall–Kier alpha value is -1.22. The molecule has 70 valence electrons. The molecule has 0 aromatic heterocycles. The Balaban J connectivity index is 2.72. The minimum absolute atomic E-state index is 0.00463. The first-order chi connectivity index (χ1) is 6.09. The molecule has 1 rings (SSSR count). The van der Waals surface area contributed by atoms with Gasteiger partial charge in [-0.1, -0.05) is 0 Å². The number of rotatable bonds is 3. The lowest BCUT2D eigenvalue weighted by molar-refractivity contribution is 0.0958. The van der Waals surface area contributed by atoms with Gasteiger partial charge in [-0.25, -0.2) is 4.39 Å². The van der Waals surface area contributed by atoms with Crippen LogP contribution < -0.4 is 0 Å². The molecule has 0 fully saturated rings. The quantitative estimate of drug-likeness (QED) is 0.660. The molecule has 0 unspecified atom stereocenters. The Bertz CT molecular complexity index is 292. The first-order valence-electron chi connectivity index (χ1n) is 4.03. The van der Waals surface area contributed by atoms with Crippen LogP contribution in [0.2, 0.25) is 0 Å². The van der Waals surface area contributed by atoms with Crippen LogP contribution in [0.25, 0.3) is 0 Å². The van der Waals surface area contributed by atoms with Gasteiger partial charge in [-0.05, 0) is 38.4 Å². The minimum Gasteiger partial charge on any atom is -0.302 e. The van der Waals surface area contributed by atoms with Crippen molar-refractivity contribution in [2.45, 2.75) is 0 Å². The number of nitrogens with zero attached hydrogens (tertiary/aromatic N) is 1. The van der Waals surface area contributed by atoms with Crippen molar-refractivity contribution < 1.29 is 9.18 Å². The van der Waals surface area contributed by atoms with Crippen molar-refractivity contribution in [2.24, 2.45) is 0 Å². The van der Waals surface area contributed by atoms with Crippen molar-refractivity contribution in [1.29, 1.82) is 0 Å². The molecule has 0 aliphatic heterocycles. The highest BCUT2D eigenvalue weighted by Gasteiger charge is 2.05. The zero-order valence-electron chi connectivity index (χ0n) is 7.75. The normalized spacial score (nSPS) is 10.5. The summed E-state index contributed by atoms with van der Waals surface area (Å²) < 4.78 is 12.5. The van der Waals surface area contributed by atoms with Crippen LogP contribution in [0.5, 0.6) is 0 Å². The molecule has 0 radical (unpaired) electrons. The number of ketones is 1. The lowest BCUT2D eigenvalue weighted by Crippen LogP contribution is -2.21. The molecule has 1 aromatic carbocycles. The van der Waals surface area contributed by atoms with E-state index in [1.807, 2.05) is 14.1 Å². The lowest BCUT2D eigenvalue weighted by atomic mass is 10.1. The fourth-order valence-corrected chi connectivity index (χ4v) is 1.01. The maximum atomic E-state index is 12.5. The van der Waals surface area contributed by atoms with E-state index in [1.54, 1.807) is 4.90 Å². The Morgan fingerprint density at radius 1 is 1.31 bits per heavy atom. The number of hydrogen-bond acceptors (Lipinski definition) is 2.